The van der Waals surface area contributed by atoms with Crippen LogP contribution in [0.15, 0.2) is 18.2 Å². The third-order valence-corrected chi connectivity index (χ3v) is 4.95. The molecule has 5 nitrogen and oxygen atoms in total. The van der Waals surface area contributed by atoms with E-state index in [9.17, 15) is 22.0 Å². The molecule has 0 radical (unpaired) electrons. The SMILES string of the molecule is O=C(O)CC(NS(=O)(=O)C1CC1)c1ccc(F)cc1F. The quantitative estimate of drug-likeness (QED) is 0.835. The Morgan fingerprint density at radius 3 is 2.55 bits per heavy atom. The van der Waals surface area contributed by atoms with E-state index in [4.69, 9.17) is 5.11 Å². The number of rotatable bonds is 6. The van der Waals surface area contributed by atoms with Crippen molar-refractivity contribution in [2.24, 2.45) is 0 Å². The molecule has 8 heteroatoms. The minimum absolute atomic E-state index is 0.182. The fourth-order valence-electron chi connectivity index (χ4n) is 1.85. The molecule has 1 aliphatic rings. The molecule has 1 saturated carbocycles. The third kappa shape index (κ3) is 3.51. The van der Waals surface area contributed by atoms with Gasteiger partial charge < -0.3 is 5.11 Å². The summed E-state index contributed by atoms with van der Waals surface area (Å²) in [7, 11) is -3.68. The van der Waals surface area contributed by atoms with Crippen LogP contribution in [0.5, 0.6) is 0 Å². The second kappa shape index (κ2) is 5.45. The van der Waals surface area contributed by atoms with Crippen molar-refractivity contribution < 1.29 is 27.1 Å². The van der Waals surface area contributed by atoms with Crippen LogP contribution in [-0.4, -0.2) is 24.7 Å². The summed E-state index contributed by atoms with van der Waals surface area (Å²) < 4.78 is 52.4. The number of carbonyl (C=O) groups is 1. The van der Waals surface area contributed by atoms with Crippen LogP contribution in [0.1, 0.15) is 30.9 Å². The molecule has 1 aliphatic carbocycles. The van der Waals surface area contributed by atoms with Crippen molar-refractivity contribution in [3.8, 4) is 0 Å². The number of aliphatic carboxylic acids is 1. The molecule has 2 N–H and O–H groups in total. The Kier molecular flexibility index (Phi) is 4.05. The summed E-state index contributed by atoms with van der Waals surface area (Å²) in [6.07, 6.45) is 0.385. The van der Waals surface area contributed by atoms with Crippen molar-refractivity contribution in [3.05, 3.63) is 35.4 Å². The zero-order valence-corrected chi connectivity index (χ0v) is 11.2. The van der Waals surface area contributed by atoms with Crippen molar-refractivity contribution in [1.29, 1.82) is 0 Å². The summed E-state index contributed by atoms with van der Waals surface area (Å²) in [6.45, 7) is 0. The largest absolute Gasteiger partial charge is 0.481 e. The smallest absolute Gasteiger partial charge is 0.305 e. The van der Waals surface area contributed by atoms with Gasteiger partial charge in [-0.05, 0) is 18.9 Å². The highest BCUT2D eigenvalue weighted by molar-refractivity contribution is 7.90. The number of carboxylic acids is 1. The Morgan fingerprint density at radius 1 is 1.40 bits per heavy atom. The van der Waals surface area contributed by atoms with Gasteiger partial charge in [0.05, 0.1) is 17.7 Å². The highest BCUT2D eigenvalue weighted by atomic mass is 32.2. The standard InChI is InChI=1S/C12H13F2NO4S/c13-7-1-4-9(10(14)5-7)11(6-12(16)17)15-20(18,19)8-2-3-8/h1,4-5,8,11,15H,2-3,6H2,(H,16,17). The molecule has 1 atom stereocenters. The first-order valence-corrected chi connectivity index (χ1v) is 7.52. The van der Waals surface area contributed by atoms with E-state index in [-0.39, 0.29) is 5.56 Å². The Bertz CT molecular complexity index is 628. The second-order valence-corrected chi connectivity index (χ2v) is 6.67. The average Bonchev–Trinajstić information content (AvgIpc) is 3.10. The van der Waals surface area contributed by atoms with Gasteiger partial charge in [-0.1, -0.05) is 6.07 Å². The van der Waals surface area contributed by atoms with E-state index in [0.717, 1.165) is 12.1 Å². The lowest BCUT2D eigenvalue weighted by Gasteiger charge is -2.18. The summed E-state index contributed by atoms with van der Waals surface area (Å²) in [5.74, 6) is -3.07. The Balaban J connectivity index is 2.29. The molecule has 0 aromatic heterocycles. The van der Waals surface area contributed by atoms with Crippen LogP contribution in [0, 0.1) is 11.6 Å². The molecular weight excluding hydrogens is 292 g/mol. The molecule has 0 spiro atoms. The van der Waals surface area contributed by atoms with Crippen LogP contribution in [0.25, 0.3) is 0 Å². The molecule has 0 bridgehead atoms. The molecule has 0 aliphatic heterocycles. The minimum atomic E-state index is -3.68. The molecule has 1 aromatic rings. The maximum atomic E-state index is 13.7. The molecular formula is C12H13F2NO4S. The zero-order valence-electron chi connectivity index (χ0n) is 10.3. The van der Waals surface area contributed by atoms with Crippen LogP contribution < -0.4 is 4.72 Å². The molecule has 0 heterocycles. The average molecular weight is 305 g/mol. The molecule has 2 rings (SSSR count). The highest BCUT2D eigenvalue weighted by Gasteiger charge is 2.38. The van der Waals surface area contributed by atoms with Gasteiger partial charge in [0.25, 0.3) is 0 Å². The van der Waals surface area contributed by atoms with Crippen molar-refractivity contribution in [3.63, 3.8) is 0 Å². The molecule has 20 heavy (non-hydrogen) atoms. The number of nitrogens with one attached hydrogen (secondary N) is 1. The van der Waals surface area contributed by atoms with E-state index in [1.807, 2.05) is 0 Å². The maximum absolute atomic E-state index is 13.7. The monoisotopic (exact) mass is 305 g/mol. The first-order chi connectivity index (χ1) is 9.29. The molecule has 1 fully saturated rings. The lowest BCUT2D eigenvalue weighted by atomic mass is 10.0. The van der Waals surface area contributed by atoms with Gasteiger partial charge in [-0.3, -0.25) is 4.79 Å². The van der Waals surface area contributed by atoms with E-state index in [1.54, 1.807) is 0 Å². The summed E-state index contributed by atoms with van der Waals surface area (Å²) in [4.78, 5) is 10.8. The predicted octanol–water partition coefficient (Wildman–Crippen LogP) is 1.56. The Hall–Kier alpha value is -1.54. The summed E-state index contributed by atoms with van der Waals surface area (Å²) >= 11 is 0. The number of carboxylic acid groups (broad SMARTS) is 1. The van der Waals surface area contributed by atoms with E-state index in [2.05, 4.69) is 4.72 Å². The summed E-state index contributed by atoms with van der Waals surface area (Å²) in [5, 5.41) is 8.26. The summed E-state index contributed by atoms with van der Waals surface area (Å²) in [6, 6.07) is 1.35. The zero-order chi connectivity index (χ0) is 14.9. The van der Waals surface area contributed by atoms with Crippen LogP contribution in [0.3, 0.4) is 0 Å². The lowest BCUT2D eigenvalue weighted by Crippen LogP contribution is -2.33. The fraction of sp³-hybridized carbons (Fsp3) is 0.417. The molecule has 110 valence electrons. The van der Waals surface area contributed by atoms with Gasteiger partial charge in [-0.25, -0.2) is 21.9 Å². The third-order valence-electron chi connectivity index (χ3n) is 2.99. The first kappa shape index (κ1) is 14.9. The van der Waals surface area contributed by atoms with E-state index < -0.39 is 45.3 Å². The predicted molar refractivity (Wildman–Crippen MR) is 66.4 cm³/mol. The minimum Gasteiger partial charge on any atom is -0.481 e. The fourth-order valence-corrected chi connectivity index (χ4v) is 3.40. The number of sulfonamides is 1. The van der Waals surface area contributed by atoms with E-state index in [1.165, 1.54) is 0 Å². The lowest BCUT2D eigenvalue weighted by molar-refractivity contribution is -0.137. The van der Waals surface area contributed by atoms with Crippen LogP contribution >= 0.6 is 0 Å². The van der Waals surface area contributed by atoms with Gasteiger partial charge in [0.1, 0.15) is 11.6 Å². The van der Waals surface area contributed by atoms with Crippen LogP contribution in [0.4, 0.5) is 8.78 Å². The molecule has 0 saturated heterocycles. The van der Waals surface area contributed by atoms with Gasteiger partial charge in [-0.2, -0.15) is 0 Å². The van der Waals surface area contributed by atoms with E-state index in [0.29, 0.717) is 18.9 Å². The molecule has 1 unspecified atom stereocenters. The summed E-state index contributed by atoms with van der Waals surface area (Å²) in [5.41, 5.74) is -0.182. The van der Waals surface area contributed by atoms with Gasteiger partial charge in [0.15, 0.2) is 0 Å². The van der Waals surface area contributed by atoms with Crippen LogP contribution in [0.2, 0.25) is 0 Å². The topological polar surface area (TPSA) is 83.5 Å². The van der Waals surface area contributed by atoms with E-state index >= 15 is 0 Å². The maximum Gasteiger partial charge on any atom is 0.305 e. The number of benzene rings is 1. The second-order valence-electron chi connectivity index (χ2n) is 4.68. The Morgan fingerprint density at radius 2 is 2.05 bits per heavy atom. The Labute approximate surface area is 114 Å². The van der Waals surface area contributed by atoms with Crippen molar-refractivity contribution in [2.75, 3.05) is 0 Å². The number of halogens is 2. The number of hydrogen-bond donors (Lipinski definition) is 2. The van der Waals surface area contributed by atoms with Crippen molar-refractivity contribution in [1.82, 2.24) is 4.72 Å². The van der Waals surface area contributed by atoms with Gasteiger partial charge in [0.2, 0.25) is 10.0 Å². The normalized spacial score (nSPS) is 16.9. The van der Waals surface area contributed by atoms with Gasteiger partial charge >= 0.3 is 5.97 Å². The van der Waals surface area contributed by atoms with Crippen molar-refractivity contribution >= 4 is 16.0 Å². The first-order valence-electron chi connectivity index (χ1n) is 5.97. The van der Waals surface area contributed by atoms with Gasteiger partial charge in [0, 0.05) is 11.6 Å². The van der Waals surface area contributed by atoms with Crippen LogP contribution in [-0.2, 0) is 14.8 Å². The number of hydrogen-bond acceptors (Lipinski definition) is 3. The van der Waals surface area contributed by atoms with Gasteiger partial charge in [-0.15, -0.1) is 0 Å². The molecule has 1 aromatic carbocycles. The molecule has 0 amide bonds. The van der Waals surface area contributed by atoms with Crippen molar-refractivity contribution in [2.45, 2.75) is 30.6 Å². The highest BCUT2D eigenvalue weighted by Crippen LogP contribution is 2.30.